The van der Waals surface area contributed by atoms with E-state index in [4.69, 9.17) is 13.9 Å². The summed E-state index contributed by atoms with van der Waals surface area (Å²) in [6.07, 6.45) is 5.36. The number of carbonyl (C=O) groups excluding carboxylic acids is 3. The molecule has 0 saturated heterocycles. The van der Waals surface area contributed by atoms with Gasteiger partial charge in [-0.05, 0) is 56.0 Å². The van der Waals surface area contributed by atoms with Gasteiger partial charge in [-0.15, -0.1) is 0 Å². The zero-order chi connectivity index (χ0) is 42.3. The number of hydrogen-bond acceptors (Lipinski definition) is 11. The highest BCUT2D eigenvalue weighted by atomic mass is 16.6. The monoisotopic (exact) mass is 806 g/mol. The smallest absolute Gasteiger partial charge is 0.407 e. The fourth-order valence-electron chi connectivity index (χ4n) is 7.73. The summed E-state index contributed by atoms with van der Waals surface area (Å²) in [7, 11) is 2.62. The van der Waals surface area contributed by atoms with Crippen LogP contribution in [0, 0.1) is 11.8 Å². The molecular weight excluding hydrogens is 757 g/mol. The predicted molar refractivity (Wildman–Crippen MR) is 221 cm³/mol. The Morgan fingerprint density at radius 3 is 1.88 bits per heavy atom. The Bertz CT molecular complexity index is 2530. The van der Waals surface area contributed by atoms with Gasteiger partial charge in [-0.2, -0.15) is 0 Å². The molecule has 16 nitrogen and oxygen atoms in total. The van der Waals surface area contributed by atoms with Gasteiger partial charge >= 0.3 is 6.09 Å². The van der Waals surface area contributed by atoms with Crippen LogP contribution in [0.25, 0.3) is 44.5 Å². The maximum Gasteiger partial charge on any atom is 0.407 e. The molecule has 0 spiro atoms. The van der Waals surface area contributed by atoms with Crippen molar-refractivity contribution < 1.29 is 33.4 Å². The molecule has 0 bridgehead atoms. The molecule has 310 valence electrons. The molecule has 5 atom stereocenters. The number of aliphatic hydroxyl groups is 1. The normalized spacial score (nSPS) is 18.4. The molecule has 5 N–H and O–H groups in total. The number of fused-ring (bicyclic) bond motifs is 2. The lowest BCUT2D eigenvalue weighted by atomic mass is 10.0. The van der Waals surface area contributed by atoms with Crippen molar-refractivity contribution >= 4 is 39.8 Å². The number of benzene rings is 2. The van der Waals surface area contributed by atoms with Crippen molar-refractivity contribution in [3.63, 3.8) is 0 Å². The number of aliphatic hydroxyl groups excluding tert-OH is 1. The SMILES string of the molecule is COC(=O)NC(C(=O)N1CC(C)=CC1c1ncc(-c2ccc3oc4cc(-c5cnc(C6C=C(C)CN6C(=O)C(NC(O)OC)C(C)C)[nH]5)ccc4c(=O)c3c2)[nH]1)C(C)C. The first kappa shape index (κ1) is 41.1. The number of imidazole rings is 2. The molecule has 5 heterocycles. The molecule has 2 aliphatic rings. The van der Waals surface area contributed by atoms with Gasteiger partial charge in [0.05, 0.1) is 47.7 Å². The summed E-state index contributed by atoms with van der Waals surface area (Å²) < 4.78 is 16.0. The summed E-state index contributed by atoms with van der Waals surface area (Å²) in [5.41, 5.74) is 5.40. The highest BCUT2D eigenvalue weighted by Crippen LogP contribution is 2.34. The minimum atomic E-state index is -1.28. The summed E-state index contributed by atoms with van der Waals surface area (Å²) in [4.78, 5) is 72.8. The second kappa shape index (κ2) is 16.6. The van der Waals surface area contributed by atoms with Gasteiger partial charge in [-0.3, -0.25) is 19.7 Å². The molecule has 2 aromatic carbocycles. The number of amides is 3. The van der Waals surface area contributed by atoms with E-state index in [0.29, 0.717) is 63.6 Å². The van der Waals surface area contributed by atoms with E-state index in [1.54, 1.807) is 46.5 Å². The van der Waals surface area contributed by atoms with Crippen LogP contribution >= 0.6 is 0 Å². The first-order chi connectivity index (χ1) is 28.2. The van der Waals surface area contributed by atoms with Gasteiger partial charge < -0.3 is 44.1 Å². The van der Waals surface area contributed by atoms with Crippen molar-refractivity contribution in [3.8, 4) is 22.5 Å². The number of carbonyl (C=O) groups is 3. The van der Waals surface area contributed by atoms with Crippen LogP contribution in [0.1, 0.15) is 65.3 Å². The third-order valence-electron chi connectivity index (χ3n) is 10.9. The lowest BCUT2D eigenvalue weighted by Gasteiger charge is -2.31. The van der Waals surface area contributed by atoms with Crippen LogP contribution in [0.2, 0.25) is 0 Å². The van der Waals surface area contributed by atoms with Crippen molar-refractivity contribution in [2.45, 2.75) is 72.1 Å². The average molecular weight is 807 g/mol. The van der Waals surface area contributed by atoms with Crippen LogP contribution in [0.3, 0.4) is 0 Å². The largest absolute Gasteiger partial charge is 0.456 e. The minimum Gasteiger partial charge on any atom is -0.456 e. The molecular formula is C43H50N8O8. The molecule has 5 unspecified atom stereocenters. The molecule has 7 rings (SSSR count). The van der Waals surface area contributed by atoms with E-state index in [0.717, 1.165) is 16.7 Å². The number of methoxy groups -OCH3 is 2. The van der Waals surface area contributed by atoms with E-state index in [1.807, 2.05) is 65.8 Å². The molecule has 59 heavy (non-hydrogen) atoms. The van der Waals surface area contributed by atoms with Crippen LogP contribution in [-0.4, -0.2) is 98.6 Å². The zero-order valence-electron chi connectivity index (χ0n) is 34.3. The van der Waals surface area contributed by atoms with Gasteiger partial charge in [0, 0.05) is 31.3 Å². The summed E-state index contributed by atoms with van der Waals surface area (Å²) >= 11 is 0. The maximum absolute atomic E-state index is 13.9. The molecule has 0 saturated carbocycles. The van der Waals surface area contributed by atoms with Gasteiger partial charge in [0.25, 0.3) is 0 Å². The summed E-state index contributed by atoms with van der Waals surface area (Å²) in [6, 6.07) is 8.30. The predicted octanol–water partition coefficient (Wildman–Crippen LogP) is 5.30. The zero-order valence-corrected chi connectivity index (χ0v) is 34.3. The fraction of sp³-hybridized carbons (Fsp3) is 0.395. The average Bonchev–Trinajstić information content (AvgIpc) is 4.04. The first-order valence-electron chi connectivity index (χ1n) is 19.6. The lowest BCUT2D eigenvalue weighted by Crippen LogP contribution is -2.53. The number of hydrogen-bond donors (Lipinski definition) is 5. The van der Waals surface area contributed by atoms with Gasteiger partial charge in [0.1, 0.15) is 40.9 Å². The number of nitrogens with zero attached hydrogens (tertiary/aromatic N) is 4. The van der Waals surface area contributed by atoms with Crippen molar-refractivity contribution in [3.05, 3.63) is 94.0 Å². The van der Waals surface area contributed by atoms with Crippen LogP contribution in [0.4, 0.5) is 4.79 Å². The van der Waals surface area contributed by atoms with E-state index >= 15 is 0 Å². The number of ether oxygens (including phenoxy) is 2. The second-order valence-electron chi connectivity index (χ2n) is 15.9. The van der Waals surface area contributed by atoms with Crippen LogP contribution in [-0.2, 0) is 19.1 Å². The molecule has 0 fully saturated rings. The Labute approximate surface area is 340 Å². The number of aromatic nitrogens is 4. The standard InChI is InChI=1S/C43H50N8O8/c1-21(2)35(48-42(55)57-7)40(53)50-19-23(5)13-31(50)38-44-17-29(46-38)25-10-12-33-28(15-25)37(52)27-11-9-26(16-34(27)59-33)30-18-45-39(47-30)32-14-24(6)20-51(32)41(54)36(22(3)4)49-43(56)58-8/h9-18,21-22,31-32,35-36,43,49,56H,19-20H2,1-8H3,(H,44,46)(H,45,47)(H,48,55). The van der Waals surface area contributed by atoms with Gasteiger partial charge in [-0.25, -0.2) is 14.8 Å². The molecule has 5 aromatic rings. The number of alkyl carbamates (subject to hydrolysis) is 1. The Hall–Kier alpha value is -6.10. The van der Waals surface area contributed by atoms with Crippen molar-refractivity contribution in [1.82, 2.24) is 40.4 Å². The topological polar surface area (TPSA) is 208 Å². The maximum atomic E-state index is 13.9. The quantitative estimate of drug-likeness (QED) is 0.0621. The van der Waals surface area contributed by atoms with E-state index in [2.05, 4.69) is 30.6 Å². The van der Waals surface area contributed by atoms with E-state index < -0.39 is 36.7 Å². The number of H-pyrrole nitrogens is 2. The second-order valence-corrected chi connectivity index (χ2v) is 15.9. The Morgan fingerprint density at radius 2 is 1.34 bits per heavy atom. The number of nitrogens with one attached hydrogen (secondary N) is 4. The van der Waals surface area contributed by atoms with E-state index in [-0.39, 0.29) is 29.1 Å². The Balaban J connectivity index is 1.13. The Kier molecular flexibility index (Phi) is 11.6. The molecule has 16 heteroatoms. The third-order valence-corrected chi connectivity index (χ3v) is 10.9. The summed E-state index contributed by atoms with van der Waals surface area (Å²) in [6.45, 7) is 12.2. The fourth-order valence-corrected chi connectivity index (χ4v) is 7.73. The summed E-state index contributed by atoms with van der Waals surface area (Å²) in [5.74, 6) is 0.381. The van der Waals surface area contributed by atoms with Crippen molar-refractivity contribution in [2.75, 3.05) is 27.3 Å². The number of aromatic amines is 2. The highest BCUT2D eigenvalue weighted by Gasteiger charge is 2.38. The molecule has 2 aliphatic heterocycles. The van der Waals surface area contributed by atoms with Gasteiger partial charge in [0.2, 0.25) is 23.7 Å². The summed E-state index contributed by atoms with van der Waals surface area (Å²) in [5, 5.41) is 16.4. The van der Waals surface area contributed by atoms with Crippen LogP contribution < -0.4 is 16.1 Å². The number of rotatable bonds is 12. The Morgan fingerprint density at radius 1 is 0.797 bits per heavy atom. The van der Waals surface area contributed by atoms with Crippen molar-refractivity contribution in [1.29, 1.82) is 0 Å². The van der Waals surface area contributed by atoms with E-state index in [1.165, 1.54) is 14.2 Å². The van der Waals surface area contributed by atoms with E-state index in [9.17, 15) is 24.3 Å². The minimum absolute atomic E-state index is 0.120. The van der Waals surface area contributed by atoms with Crippen molar-refractivity contribution in [2.24, 2.45) is 11.8 Å². The highest BCUT2D eigenvalue weighted by molar-refractivity contribution is 5.93. The van der Waals surface area contributed by atoms with Gasteiger partial charge in [-0.1, -0.05) is 57.1 Å². The molecule has 0 radical (unpaired) electrons. The van der Waals surface area contributed by atoms with Crippen LogP contribution in [0.5, 0.6) is 0 Å². The first-order valence-corrected chi connectivity index (χ1v) is 19.6. The van der Waals surface area contributed by atoms with Crippen LogP contribution in [0.15, 0.2) is 81.3 Å². The molecule has 3 amide bonds. The lowest BCUT2D eigenvalue weighted by molar-refractivity contribution is -0.144. The molecule has 3 aromatic heterocycles. The third kappa shape index (κ3) is 8.15. The molecule has 0 aliphatic carbocycles. The van der Waals surface area contributed by atoms with Gasteiger partial charge in [0.15, 0.2) is 0 Å².